The summed E-state index contributed by atoms with van der Waals surface area (Å²) in [6.45, 7) is 4.24. The highest BCUT2D eigenvalue weighted by Gasteiger charge is 2.09. The van der Waals surface area contributed by atoms with Crippen LogP contribution < -0.4 is 5.32 Å². The number of benzene rings is 1. The van der Waals surface area contributed by atoms with E-state index in [1.807, 2.05) is 19.2 Å². The van der Waals surface area contributed by atoms with Crippen LogP contribution in [-0.2, 0) is 0 Å². The van der Waals surface area contributed by atoms with Crippen molar-refractivity contribution in [2.75, 3.05) is 27.2 Å². The van der Waals surface area contributed by atoms with E-state index in [0.717, 1.165) is 25.1 Å². The van der Waals surface area contributed by atoms with Crippen molar-refractivity contribution >= 4 is 0 Å². The standard InChI is InChI=1S/C13H21FN2/c1-4-16(3)10-9-13(15-2)11-5-7-12(14)8-6-11/h5-8,13,15H,4,9-10H2,1-3H3. The lowest BCUT2D eigenvalue weighted by atomic mass is 10.0. The predicted molar refractivity (Wildman–Crippen MR) is 66.0 cm³/mol. The van der Waals surface area contributed by atoms with Crippen molar-refractivity contribution in [2.45, 2.75) is 19.4 Å². The fourth-order valence-electron chi connectivity index (χ4n) is 1.68. The summed E-state index contributed by atoms with van der Waals surface area (Å²) < 4.78 is 12.8. The predicted octanol–water partition coefficient (Wildman–Crippen LogP) is 2.43. The van der Waals surface area contributed by atoms with Crippen LogP contribution in [0.3, 0.4) is 0 Å². The van der Waals surface area contributed by atoms with Crippen molar-refractivity contribution in [1.29, 1.82) is 0 Å². The number of hydrogen-bond acceptors (Lipinski definition) is 2. The number of hydrogen-bond donors (Lipinski definition) is 1. The van der Waals surface area contributed by atoms with Crippen LogP contribution in [0.5, 0.6) is 0 Å². The van der Waals surface area contributed by atoms with Crippen molar-refractivity contribution in [3.63, 3.8) is 0 Å². The van der Waals surface area contributed by atoms with E-state index in [-0.39, 0.29) is 5.82 Å². The second kappa shape index (κ2) is 6.61. The van der Waals surface area contributed by atoms with Gasteiger partial charge in [0.1, 0.15) is 5.82 Å². The summed E-state index contributed by atoms with van der Waals surface area (Å²) in [6.07, 6.45) is 1.03. The molecule has 0 amide bonds. The lowest BCUT2D eigenvalue weighted by molar-refractivity contribution is 0.326. The third kappa shape index (κ3) is 3.91. The van der Waals surface area contributed by atoms with Gasteiger partial charge in [-0.2, -0.15) is 0 Å². The molecule has 0 aliphatic heterocycles. The first-order chi connectivity index (χ1) is 7.67. The van der Waals surface area contributed by atoms with Gasteiger partial charge in [0, 0.05) is 6.04 Å². The summed E-state index contributed by atoms with van der Waals surface area (Å²) in [5, 5.41) is 3.27. The summed E-state index contributed by atoms with van der Waals surface area (Å²) in [5.74, 6) is -0.177. The molecule has 0 spiro atoms. The quantitative estimate of drug-likeness (QED) is 0.798. The van der Waals surface area contributed by atoms with Gasteiger partial charge in [0.05, 0.1) is 0 Å². The molecule has 1 rings (SSSR count). The fraction of sp³-hybridized carbons (Fsp3) is 0.538. The van der Waals surface area contributed by atoms with E-state index in [9.17, 15) is 4.39 Å². The van der Waals surface area contributed by atoms with E-state index in [2.05, 4.69) is 24.2 Å². The Kier molecular flexibility index (Phi) is 5.43. The number of nitrogens with zero attached hydrogens (tertiary/aromatic N) is 1. The van der Waals surface area contributed by atoms with E-state index < -0.39 is 0 Å². The zero-order chi connectivity index (χ0) is 12.0. The normalized spacial score (nSPS) is 13.1. The van der Waals surface area contributed by atoms with E-state index >= 15 is 0 Å². The molecule has 0 aliphatic carbocycles. The third-order valence-electron chi connectivity index (χ3n) is 2.96. The highest BCUT2D eigenvalue weighted by atomic mass is 19.1. The Morgan fingerprint density at radius 3 is 2.44 bits per heavy atom. The molecular formula is C13H21FN2. The summed E-state index contributed by atoms with van der Waals surface area (Å²) in [6, 6.07) is 7.03. The Morgan fingerprint density at radius 2 is 1.94 bits per heavy atom. The molecule has 1 N–H and O–H groups in total. The molecule has 0 radical (unpaired) electrons. The van der Waals surface area contributed by atoms with Crippen LogP contribution in [0.15, 0.2) is 24.3 Å². The lowest BCUT2D eigenvalue weighted by Gasteiger charge is -2.20. The van der Waals surface area contributed by atoms with Gasteiger partial charge in [0.15, 0.2) is 0 Å². The second-order valence-electron chi connectivity index (χ2n) is 4.08. The molecule has 90 valence electrons. The van der Waals surface area contributed by atoms with Crippen LogP contribution in [0.4, 0.5) is 4.39 Å². The average molecular weight is 224 g/mol. The molecule has 1 atom stereocenters. The molecule has 1 aromatic carbocycles. The highest BCUT2D eigenvalue weighted by Crippen LogP contribution is 2.16. The molecule has 0 bridgehead atoms. The van der Waals surface area contributed by atoms with Crippen molar-refractivity contribution in [3.05, 3.63) is 35.6 Å². The van der Waals surface area contributed by atoms with Gasteiger partial charge < -0.3 is 10.2 Å². The molecule has 0 heterocycles. The minimum absolute atomic E-state index is 0.177. The SMILES string of the molecule is CCN(C)CCC(NC)c1ccc(F)cc1. The fourth-order valence-corrected chi connectivity index (χ4v) is 1.68. The van der Waals surface area contributed by atoms with Crippen molar-refractivity contribution < 1.29 is 4.39 Å². The zero-order valence-electron chi connectivity index (χ0n) is 10.3. The molecule has 1 unspecified atom stereocenters. The molecule has 3 heteroatoms. The van der Waals surface area contributed by atoms with Gasteiger partial charge in [-0.05, 0) is 51.3 Å². The van der Waals surface area contributed by atoms with Crippen LogP contribution in [-0.4, -0.2) is 32.1 Å². The largest absolute Gasteiger partial charge is 0.313 e. The molecule has 0 saturated heterocycles. The maximum atomic E-state index is 12.8. The van der Waals surface area contributed by atoms with E-state index in [1.54, 1.807) is 0 Å². The Labute approximate surface area is 97.5 Å². The van der Waals surface area contributed by atoms with Gasteiger partial charge >= 0.3 is 0 Å². The number of halogens is 1. The summed E-state index contributed by atoms with van der Waals surface area (Å²) in [7, 11) is 4.05. The summed E-state index contributed by atoms with van der Waals surface area (Å²) in [4.78, 5) is 2.27. The maximum Gasteiger partial charge on any atom is 0.123 e. The van der Waals surface area contributed by atoms with Gasteiger partial charge in [-0.15, -0.1) is 0 Å². The van der Waals surface area contributed by atoms with Crippen LogP contribution >= 0.6 is 0 Å². The van der Waals surface area contributed by atoms with Crippen LogP contribution in [0, 0.1) is 5.82 Å². The van der Waals surface area contributed by atoms with Gasteiger partial charge in [-0.25, -0.2) is 4.39 Å². The van der Waals surface area contributed by atoms with Crippen LogP contribution in [0.1, 0.15) is 24.9 Å². The third-order valence-corrected chi connectivity index (χ3v) is 2.96. The molecule has 1 aromatic rings. The minimum Gasteiger partial charge on any atom is -0.313 e. The highest BCUT2D eigenvalue weighted by molar-refractivity contribution is 5.19. The summed E-state index contributed by atoms with van der Waals surface area (Å²) >= 11 is 0. The minimum atomic E-state index is -0.177. The van der Waals surface area contributed by atoms with Gasteiger partial charge in [0.2, 0.25) is 0 Å². The second-order valence-corrected chi connectivity index (χ2v) is 4.08. The maximum absolute atomic E-state index is 12.8. The average Bonchev–Trinajstić information content (AvgIpc) is 2.31. The zero-order valence-corrected chi connectivity index (χ0v) is 10.3. The van der Waals surface area contributed by atoms with Gasteiger partial charge in [-0.1, -0.05) is 19.1 Å². The van der Waals surface area contributed by atoms with Gasteiger partial charge in [-0.3, -0.25) is 0 Å². The molecule has 2 nitrogen and oxygen atoms in total. The molecule has 0 fully saturated rings. The first-order valence-corrected chi connectivity index (χ1v) is 5.78. The van der Waals surface area contributed by atoms with Crippen molar-refractivity contribution in [1.82, 2.24) is 10.2 Å². The first-order valence-electron chi connectivity index (χ1n) is 5.78. The van der Waals surface area contributed by atoms with Crippen LogP contribution in [0.2, 0.25) is 0 Å². The smallest absolute Gasteiger partial charge is 0.123 e. The van der Waals surface area contributed by atoms with Crippen molar-refractivity contribution in [2.24, 2.45) is 0 Å². The molecule has 0 aliphatic rings. The Balaban J connectivity index is 2.57. The van der Waals surface area contributed by atoms with Crippen LogP contribution in [0.25, 0.3) is 0 Å². The Hall–Kier alpha value is -0.930. The Bertz CT molecular complexity index is 297. The van der Waals surface area contributed by atoms with E-state index in [1.165, 1.54) is 12.1 Å². The monoisotopic (exact) mass is 224 g/mol. The molecule has 0 aromatic heterocycles. The Morgan fingerprint density at radius 1 is 1.31 bits per heavy atom. The lowest BCUT2D eigenvalue weighted by Crippen LogP contribution is -2.25. The van der Waals surface area contributed by atoms with Crippen molar-refractivity contribution in [3.8, 4) is 0 Å². The molecule has 16 heavy (non-hydrogen) atoms. The summed E-state index contributed by atoms with van der Waals surface area (Å²) in [5.41, 5.74) is 1.15. The molecule has 0 saturated carbocycles. The van der Waals surface area contributed by atoms with E-state index in [0.29, 0.717) is 6.04 Å². The van der Waals surface area contributed by atoms with E-state index in [4.69, 9.17) is 0 Å². The number of rotatable bonds is 6. The van der Waals surface area contributed by atoms with Gasteiger partial charge in [0.25, 0.3) is 0 Å². The topological polar surface area (TPSA) is 15.3 Å². The number of nitrogens with one attached hydrogen (secondary N) is 1. The molecular weight excluding hydrogens is 203 g/mol. The first kappa shape index (κ1) is 13.1.